The molecule has 106 valence electrons. The molecule has 5 heteroatoms. The number of halogens is 1. The van der Waals surface area contributed by atoms with Crippen molar-refractivity contribution in [2.45, 2.75) is 33.6 Å². The van der Waals surface area contributed by atoms with E-state index in [1.165, 1.54) is 6.07 Å². The third-order valence-electron chi connectivity index (χ3n) is 3.77. The zero-order valence-corrected chi connectivity index (χ0v) is 13.2. The maximum absolute atomic E-state index is 10.9. The van der Waals surface area contributed by atoms with E-state index in [2.05, 4.69) is 29.8 Å². The van der Waals surface area contributed by atoms with Crippen molar-refractivity contribution in [2.75, 3.05) is 11.9 Å². The SMILES string of the molecule is CCC(CC)(CBr)COc1cccc([N+](=O)[O-])c1C. The molecule has 0 unspecified atom stereocenters. The molecular formula is C14H20BrNO3. The Hall–Kier alpha value is -1.10. The minimum absolute atomic E-state index is 0.0804. The second-order valence-electron chi connectivity index (χ2n) is 4.79. The predicted molar refractivity (Wildman–Crippen MR) is 80.1 cm³/mol. The van der Waals surface area contributed by atoms with Gasteiger partial charge in [0.05, 0.1) is 17.1 Å². The van der Waals surface area contributed by atoms with Crippen LogP contribution < -0.4 is 4.74 Å². The molecule has 0 amide bonds. The highest BCUT2D eigenvalue weighted by molar-refractivity contribution is 9.09. The Labute approximate surface area is 122 Å². The lowest BCUT2D eigenvalue weighted by molar-refractivity contribution is -0.385. The Morgan fingerprint density at radius 3 is 2.47 bits per heavy atom. The van der Waals surface area contributed by atoms with Crippen molar-refractivity contribution in [3.05, 3.63) is 33.9 Å². The number of hydrogen-bond donors (Lipinski definition) is 0. The quantitative estimate of drug-likeness (QED) is 0.421. The number of hydrogen-bond acceptors (Lipinski definition) is 3. The van der Waals surface area contributed by atoms with Crippen LogP contribution in [0, 0.1) is 22.5 Å². The van der Waals surface area contributed by atoms with Gasteiger partial charge >= 0.3 is 0 Å². The number of alkyl halides is 1. The summed E-state index contributed by atoms with van der Waals surface area (Å²) in [5, 5.41) is 11.7. The molecule has 0 aliphatic heterocycles. The van der Waals surface area contributed by atoms with Gasteiger partial charge in [0.2, 0.25) is 0 Å². The fourth-order valence-corrected chi connectivity index (χ4v) is 2.82. The number of ether oxygens (including phenoxy) is 1. The molecule has 0 spiro atoms. The molecule has 0 aromatic heterocycles. The van der Waals surface area contributed by atoms with Crippen LogP contribution >= 0.6 is 15.9 Å². The molecular weight excluding hydrogens is 310 g/mol. The van der Waals surface area contributed by atoms with Crippen molar-refractivity contribution >= 4 is 21.6 Å². The van der Waals surface area contributed by atoms with Crippen molar-refractivity contribution in [2.24, 2.45) is 5.41 Å². The number of rotatable bonds is 7. The van der Waals surface area contributed by atoms with Crippen LogP contribution in [0.3, 0.4) is 0 Å². The van der Waals surface area contributed by atoms with Crippen LogP contribution in [-0.2, 0) is 0 Å². The normalized spacial score (nSPS) is 11.4. The summed E-state index contributed by atoms with van der Waals surface area (Å²) in [6.07, 6.45) is 2.01. The van der Waals surface area contributed by atoms with Crippen molar-refractivity contribution in [3.8, 4) is 5.75 Å². The molecule has 1 aromatic carbocycles. The van der Waals surface area contributed by atoms with E-state index in [0.29, 0.717) is 17.9 Å². The smallest absolute Gasteiger partial charge is 0.276 e. The Morgan fingerprint density at radius 2 is 2.00 bits per heavy atom. The Bertz CT molecular complexity index is 436. The molecule has 0 heterocycles. The zero-order chi connectivity index (χ0) is 14.5. The third kappa shape index (κ3) is 3.69. The Balaban J connectivity index is 2.89. The fourth-order valence-electron chi connectivity index (χ4n) is 1.87. The third-order valence-corrected chi connectivity index (χ3v) is 4.96. The first-order valence-electron chi connectivity index (χ1n) is 6.42. The average molecular weight is 330 g/mol. The topological polar surface area (TPSA) is 52.4 Å². The van der Waals surface area contributed by atoms with E-state index >= 15 is 0 Å². The van der Waals surface area contributed by atoms with E-state index in [9.17, 15) is 10.1 Å². The summed E-state index contributed by atoms with van der Waals surface area (Å²) >= 11 is 3.53. The molecule has 4 nitrogen and oxygen atoms in total. The average Bonchev–Trinajstić information content (AvgIpc) is 2.42. The van der Waals surface area contributed by atoms with Crippen LogP contribution in [0.5, 0.6) is 5.75 Å². The molecule has 0 aliphatic carbocycles. The second kappa shape index (κ2) is 6.89. The van der Waals surface area contributed by atoms with Gasteiger partial charge in [-0.05, 0) is 25.8 Å². The fraction of sp³-hybridized carbons (Fsp3) is 0.571. The van der Waals surface area contributed by atoms with Gasteiger partial charge in [-0.15, -0.1) is 0 Å². The standard InChI is InChI=1S/C14H20BrNO3/c1-4-14(5-2,9-15)10-19-13-8-6-7-12(11(13)3)16(17)18/h6-8H,4-5,9-10H2,1-3H3. The molecule has 0 N–H and O–H groups in total. The van der Waals surface area contributed by atoms with Gasteiger partial charge in [-0.3, -0.25) is 10.1 Å². The summed E-state index contributed by atoms with van der Waals surface area (Å²) in [4.78, 5) is 10.5. The molecule has 0 aliphatic rings. The maximum Gasteiger partial charge on any atom is 0.276 e. The van der Waals surface area contributed by atoms with E-state index in [1.54, 1.807) is 19.1 Å². The molecule has 0 atom stereocenters. The molecule has 0 saturated heterocycles. The van der Waals surface area contributed by atoms with E-state index in [1.807, 2.05) is 0 Å². The van der Waals surface area contributed by atoms with Crippen LogP contribution in [0.1, 0.15) is 32.3 Å². The van der Waals surface area contributed by atoms with Crippen LogP contribution in [0.4, 0.5) is 5.69 Å². The van der Waals surface area contributed by atoms with Crippen LogP contribution in [-0.4, -0.2) is 16.9 Å². The summed E-state index contributed by atoms with van der Waals surface area (Å²) in [6.45, 7) is 6.55. The highest BCUT2D eigenvalue weighted by Crippen LogP contribution is 2.32. The van der Waals surface area contributed by atoms with Gasteiger partial charge in [-0.2, -0.15) is 0 Å². The molecule has 0 saturated carbocycles. The van der Waals surface area contributed by atoms with E-state index < -0.39 is 0 Å². The number of nitro groups is 1. The monoisotopic (exact) mass is 329 g/mol. The predicted octanol–water partition coefficient (Wildman–Crippen LogP) is 4.48. The first-order chi connectivity index (χ1) is 8.99. The van der Waals surface area contributed by atoms with Gasteiger partial charge in [-0.25, -0.2) is 0 Å². The van der Waals surface area contributed by atoms with E-state index in [0.717, 1.165) is 18.2 Å². The Kier molecular flexibility index (Phi) is 5.79. The number of nitrogens with zero attached hydrogens (tertiary/aromatic N) is 1. The lowest BCUT2D eigenvalue weighted by atomic mass is 9.86. The van der Waals surface area contributed by atoms with Crippen molar-refractivity contribution in [3.63, 3.8) is 0 Å². The number of nitro benzene ring substituents is 1. The second-order valence-corrected chi connectivity index (χ2v) is 5.35. The largest absolute Gasteiger partial charge is 0.492 e. The van der Waals surface area contributed by atoms with Crippen LogP contribution in [0.15, 0.2) is 18.2 Å². The summed E-state index contributed by atoms with van der Waals surface area (Å²) in [6, 6.07) is 4.94. The van der Waals surface area contributed by atoms with Gasteiger partial charge in [0.1, 0.15) is 5.75 Å². The highest BCUT2D eigenvalue weighted by atomic mass is 79.9. The van der Waals surface area contributed by atoms with Gasteiger partial charge in [0.25, 0.3) is 5.69 Å². The summed E-state index contributed by atoms with van der Waals surface area (Å²) < 4.78 is 5.83. The van der Waals surface area contributed by atoms with Crippen molar-refractivity contribution in [1.82, 2.24) is 0 Å². The van der Waals surface area contributed by atoms with Gasteiger partial charge < -0.3 is 4.74 Å². The lowest BCUT2D eigenvalue weighted by Gasteiger charge is -2.29. The zero-order valence-electron chi connectivity index (χ0n) is 11.6. The minimum atomic E-state index is -0.375. The molecule has 0 bridgehead atoms. The summed E-state index contributed by atoms with van der Waals surface area (Å²) in [7, 11) is 0. The lowest BCUT2D eigenvalue weighted by Crippen LogP contribution is -2.29. The Morgan fingerprint density at radius 1 is 1.37 bits per heavy atom. The van der Waals surface area contributed by atoms with Crippen LogP contribution in [0.25, 0.3) is 0 Å². The maximum atomic E-state index is 10.9. The molecule has 19 heavy (non-hydrogen) atoms. The molecule has 0 fully saturated rings. The molecule has 1 aromatic rings. The van der Waals surface area contributed by atoms with Crippen molar-refractivity contribution < 1.29 is 9.66 Å². The minimum Gasteiger partial charge on any atom is -0.492 e. The molecule has 1 rings (SSSR count). The summed E-state index contributed by atoms with van der Waals surface area (Å²) in [5.41, 5.74) is 0.773. The van der Waals surface area contributed by atoms with Gasteiger partial charge in [-0.1, -0.05) is 35.8 Å². The first kappa shape index (κ1) is 16.0. The van der Waals surface area contributed by atoms with E-state index in [-0.39, 0.29) is 16.0 Å². The van der Waals surface area contributed by atoms with Crippen molar-refractivity contribution in [1.29, 1.82) is 0 Å². The summed E-state index contributed by atoms with van der Waals surface area (Å²) in [5.74, 6) is 0.599. The van der Waals surface area contributed by atoms with Crippen LogP contribution in [0.2, 0.25) is 0 Å². The first-order valence-corrected chi connectivity index (χ1v) is 7.54. The number of benzene rings is 1. The highest BCUT2D eigenvalue weighted by Gasteiger charge is 2.26. The van der Waals surface area contributed by atoms with E-state index in [4.69, 9.17) is 4.74 Å². The van der Waals surface area contributed by atoms with Gasteiger partial charge in [0, 0.05) is 16.8 Å². The molecule has 0 radical (unpaired) electrons. The van der Waals surface area contributed by atoms with Gasteiger partial charge in [0.15, 0.2) is 0 Å².